The van der Waals surface area contributed by atoms with Crippen molar-refractivity contribution in [2.45, 2.75) is 37.8 Å². The number of nitrogens with one attached hydrogen (secondary N) is 1. The van der Waals surface area contributed by atoms with Gasteiger partial charge >= 0.3 is 0 Å². The van der Waals surface area contributed by atoms with Crippen molar-refractivity contribution in [1.29, 1.82) is 0 Å². The highest BCUT2D eigenvalue weighted by atomic mass is 35.5. The second-order valence-electron chi connectivity index (χ2n) is 7.43. The van der Waals surface area contributed by atoms with Crippen LogP contribution < -0.4 is 5.32 Å². The molecule has 3 rings (SSSR count). The van der Waals surface area contributed by atoms with E-state index >= 15 is 0 Å². The number of nitrogens with zero attached hydrogens (tertiary/aromatic N) is 2. The van der Waals surface area contributed by atoms with Crippen LogP contribution in [0.25, 0.3) is 0 Å². The van der Waals surface area contributed by atoms with E-state index in [-0.39, 0.29) is 22.9 Å². The van der Waals surface area contributed by atoms with Crippen molar-refractivity contribution < 1.29 is 22.8 Å². The normalized spacial score (nSPS) is 15.2. The summed E-state index contributed by atoms with van der Waals surface area (Å²) in [6.45, 7) is 3.26. The van der Waals surface area contributed by atoms with Gasteiger partial charge in [-0.3, -0.25) is 14.4 Å². The van der Waals surface area contributed by atoms with Gasteiger partial charge in [0, 0.05) is 18.1 Å². The predicted molar refractivity (Wildman–Crippen MR) is 119 cm³/mol. The van der Waals surface area contributed by atoms with E-state index in [9.17, 15) is 22.8 Å². The van der Waals surface area contributed by atoms with Crippen LogP contribution in [-0.4, -0.2) is 54.5 Å². The number of hydrogen-bond donors (Lipinski definition) is 1. The molecular weight excluding hydrogens is 454 g/mol. The highest BCUT2D eigenvalue weighted by Crippen LogP contribution is 2.30. The van der Waals surface area contributed by atoms with Gasteiger partial charge in [0.1, 0.15) is 17.5 Å². The Balaban J connectivity index is 1.87. The smallest absolute Gasteiger partial charge is 0.269 e. The Morgan fingerprint density at radius 1 is 1.12 bits per heavy atom. The second-order valence-corrected chi connectivity index (χ2v) is 9.70. The molecule has 0 spiro atoms. The molecular formula is C22H24ClN3O5S. The van der Waals surface area contributed by atoms with Gasteiger partial charge in [-0.25, -0.2) is 12.7 Å². The van der Waals surface area contributed by atoms with Crippen LogP contribution in [0.5, 0.6) is 0 Å². The van der Waals surface area contributed by atoms with Crippen molar-refractivity contribution in [3.8, 4) is 0 Å². The summed E-state index contributed by atoms with van der Waals surface area (Å²) in [5.41, 5.74) is 0.732. The monoisotopic (exact) mass is 477 g/mol. The maximum absolute atomic E-state index is 13.2. The average Bonchev–Trinajstić information content (AvgIpc) is 2.97. The van der Waals surface area contributed by atoms with Crippen molar-refractivity contribution in [2.24, 2.45) is 0 Å². The highest BCUT2D eigenvalue weighted by Gasteiger charge is 2.43. The summed E-state index contributed by atoms with van der Waals surface area (Å²) in [5.74, 6) is -1.79. The molecule has 32 heavy (non-hydrogen) atoms. The van der Waals surface area contributed by atoms with E-state index in [0.29, 0.717) is 21.4 Å². The zero-order valence-electron chi connectivity index (χ0n) is 17.7. The Labute approximate surface area is 192 Å². The summed E-state index contributed by atoms with van der Waals surface area (Å²) in [5, 5.41) is 3.26. The number of rotatable bonds is 8. The van der Waals surface area contributed by atoms with Crippen LogP contribution in [0.1, 0.15) is 36.2 Å². The lowest BCUT2D eigenvalue weighted by molar-refractivity contribution is -0.140. The second kappa shape index (κ2) is 9.70. The van der Waals surface area contributed by atoms with E-state index in [2.05, 4.69) is 5.32 Å². The Kier molecular flexibility index (Phi) is 7.20. The molecule has 1 aliphatic heterocycles. The van der Waals surface area contributed by atoms with Crippen molar-refractivity contribution in [3.05, 3.63) is 64.7 Å². The van der Waals surface area contributed by atoms with Gasteiger partial charge in [0.05, 0.1) is 5.56 Å². The van der Waals surface area contributed by atoms with E-state index < -0.39 is 34.4 Å². The Morgan fingerprint density at radius 3 is 2.41 bits per heavy atom. The number of benzene rings is 2. The molecule has 1 aliphatic rings. The van der Waals surface area contributed by atoms with Crippen molar-refractivity contribution in [2.75, 3.05) is 13.1 Å². The standard InChI is InChI=1S/C22H24ClN3O5S/c1-3-12-24-21(28)15(2)25(13-16-8-10-17(23)11-9-16)20(27)14-26-22(29)18-6-4-5-7-19(18)32(26,30)31/h4-11,15H,3,12-14H2,1-2H3,(H,24,28). The minimum absolute atomic E-state index is 0.0262. The van der Waals surface area contributed by atoms with Gasteiger partial charge in [-0.05, 0) is 43.2 Å². The predicted octanol–water partition coefficient (Wildman–Crippen LogP) is 2.43. The summed E-state index contributed by atoms with van der Waals surface area (Å²) in [6, 6.07) is 11.7. The Morgan fingerprint density at radius 2 is 1.78 bits per heavy atom. The molecule has 0 saturated heterocycles. The molecule has 0 aliphatic carbocycles. The molecule has 2 aromatic carbocycles. The third-order valence-electron chi connectivity index (χ3n) is 5.17. The summed E-state index contributed by atoms with van der Waals surface area (Å²) < 4.78 is 26.2. The molecule has 170 valence electrons. The first kappa shape index (κ1) is 23.7. The van der Waals surface area contributed by atoms with Crippen molar-refractivity contribution in [3.63, 3.8) is 0 Å². The molecule has 0 fully saturated rings. The third kappa shape index (κ3) is 4.78. The van der Waals surface area contributed by atoms with Crippen LogP contribution >= 0.6 is 11.6 Å². The van der Waals surface area contributed by atoms with E-state index in [1.165, 1.54) is 23.1 Å². The lowest BCUT2D eigenvalue weighted by atomic mass is 10.1. The van der Waals surface area contributed by atoms with Crippen LogP contribution in [0.4, 0.5) is 0 Å². The van der Waals surface area contributed by atoms with Crippen LogP contribution in [0.2, 0.25) is 5.02 Å². The first-order chi connectivity index (χ1) is 15.2. The van der Waals surface area contributed by atoms with E-state index in [4.69, 9.17) is 11.6 Å². The number of amides is 3. The molecule has 0 saturated carbocycles. The molecule has 2 aromatic rings. The van der Waals surface area contributed by atoms with Crippen molar-refractivity contribution >= 4 is 39.3 Å². The van der Waals surface area contributed by atoms with E-state index in [1.54, 1.807) is 37.3 Å². The number of carbonyl (C=O) groups excluding carboxylic acids is 3. The van der Waals surface area contributed by atoms with Gasteiger partial charge in [-0.1, -0.05) is 42.8 Å². The summed E-state index contributed by atoms with van der Waals surface area (Å²) >= 11 is 5.93. The fourth-order valence-electron chi connectivity index (χ4n) is 3.37. The summed E-state index contributed by atoms with van der Waals surface area (Å²) in [7, 11) is -4.14. The first-order valence-electron chi connectivity index (χ1n) is 10.1. The molecule has 1 unspecified atom stereocenters. The van der Waals surface area contributed by atoms with Gasteiger partial charge < -0.3 is 10.2 Å². The molecule has 0 aromatic heterocycles. The van der Waals surface area contributed by atoms with Crippen LogP contribution in [0, 0.1) is 0 Å². The summed E-state index contributed by atoms with van der Waals surface area (Å²) in [6.07, 6.45) is 0.725. The van der Waals surface area contributed by atoms with Gasteiger partial charge in [0.25, 0.3) is 15.9 Å². The van der Waals surface area contributed by atoms with Crippen molar-refractivity contribution in [1.82, 2.24) is 14.5 Å². The highest BCUT2D eigenvalue weighted by molar-refractivity contribution is 7.90. The quantitative estimate of drug-likeness (QED) is 0.628. The van der Waals surface area contributed by atoms with Gasteiger partial charge in [0.2, 0.25) is 11.8 Å². The Hall–Kier alpha value is -2.91. The van der Waals surface area contributed by atoms with Crippen LogP contribution in [0.15, 0.2) is 53.4 Å². The Bertz CT molecular complexity index is 1130. The van der Waals surface area contributed by atoms with Gasteiger partial charge in [-0.15, -0.1) is 0 Å². The zero-order valence-corrected chi connectivity index (χ0v) is 19.3. The fourth-order valence-corrected chi connectivity index (χ4v) is 5.01. The summed E-state index contributed by atoms with van der Waals surface area (Å²) in [4.78, 5) is 39.6. The number of halogens is 1. The number of fused-ring (bicyclic) bond motifs is 1. The molecule has 0 radical (unpaired) electrons. The SMILES string of the molecule is CCCNC(=O)C(C)N(Cc1ccc(Cl)cc1)C(=O)CN1C(=O)c2ccccc2S1(=O)=O. The minimum Gasteiger partial charge on any atom is -0.354 e. The van der Waals surface area contributed by atoms with Crippen LogP contribution in [0.3, 0.4) is 0 Å². The lowest BCUT2D eigenvalue weighted by Crippen LogP contribution is -2.51. The molecule has 10 heteroatoms. The van der Waals surface area contributed by atoms with Gasteiger partial charge in [0.15, 0.2) is 0 Å². The number of carbonyl (C=O) groups is 3. The molecule has 1 atom stereocenters. The number of hydrogen-bond acceptors (Lipinski definition) is 5. The largest absolute Gasteiger partial charge is 0.354 e. The van der Waals surface area contributed by atoms with E-state index in [1.807, 2.05) is 6.92 Å². The third-order valence-corrected chi connectivity index (χ3v) is 7.21. The molecule has 0 bridgehead atoms. The zero-order chi connectivity index (χ0) is 23.5. The maximum atomic E-state index is 13.2. The number of sulfonamides is 1. The molecule has 8 nitrogen and oxygen atoms in total. The molecule has 1 N–H and O–H groups in total. The van der Waals surface area contributed by atoms with Crippen LogP contribution in [-0.2, 0) is 26.2 Å². The first-order valence-corrected chi connectivity index (χ1v) is 12.0. The average molecular weight is 478 g/mol. The topological polar surface area (TPSA) is 104 Å². The van der Waals surface area contributed by atoms with Gasteiger partial charge in [-0.2, -0.15) is 0 Å². The fraction of sp³-hybridized carbons (Fsp3) is 0.318. The van der Waals surface area contributed by atoms with E-state index in [0.717, 1.165) is 6.42 Å². The lowest BCUT2D eigenvalue weighted by Gasteiger charge is -2.30. The molecule has 1 heterocycles. The molecule has 3 amide bonds. The maximum Gasteiger partial charge on any atom is 0.269 e. The minimum atomic E-state index is -4.14.